The number of carbonyl (C=O) groups excluding carboxylic acids is 1. The molecule has 1 fully saturated rings. The van der Waals surface area contributed by atoms with Crippen LogP contribution < -0.4 is 5.32 Å². The second kappa shape index (κ2) is 4.39. The lowest BCUT2D eigenvalue weighted by atomic mass is 10.0. The van der Waals surface area contributed by atoms with Gasteiger partial charge in [-0.05, 0) is 19.4 Å². The van der Waals surface area contributed by atoms with Gasteiger partial charge in [0.1, 0.15) is 5.69 Å². The Morgan fingerprint density at radius 2 is 2.33 bits per heavy atom. The summed E-state index contributed by atoms with van der Waals surface area (Å²) in [4.78, 5) is 11.4. The number of hydrogen-bond acceptors (Lipinski definition) is 5. The fourth-order valence-corrected chi connectivity index (χ4v) is 1.81. The Hall–Kier alpha value is -1.43. The van der Waals surface area contributed by atoms with E-state index < -0.39 is 5.97 Å². The summed E-state index contributed by atoms with van der Waals surface area (Å²) in [5.74, 6) is -0.439. The maximum atomic E-state index is 11.4. The van der Waals surface area contributed by atoms with Crippen molar-refractivity contribution in [2.24, 2.45) is 0 Å². The molecule has 1 aromatic heterocycles. The zero-order valence-electron chi connectivity index (χ0n) is 8.62. The van der Waals surface area contributed by atoms with E-state index in [2.05, 4.69) is 25.5 Å². The first-order chi connectivity index (χ1) is 7.33. The van der Waals surface area contributed by atoms with Crippen molar-refractivity contribution in [3.05, 3.63) is 11.4 Å². The molecule has 0 bridgehead atoms. The van der Waals surface area contributed by atoms with Crippen LogP contribution in [-0.4, -0.2) is 35.0 Å². The summed E-state index contributed by atoms with van der Waals surface area (Å²) in [6.07, 6.45) is 3.30. The van der Waals surface area contributed by atoms with Crippen LogP contribution in [0.25, 0.3) is 0 Å². The van der Waals surface area contributed by atoms with Gasteiger partial charge in [0.2, 0.25) is 0 Å². The van der Waals surface area contributed by atoms with E-state index in [-0.39, 0.29) is 11.7 Å². The molecule has 0 spiro atoms. The Morgan fingerprint density at radius 3 is 3.00 bits per heavy atom. The van der Waals surface area contributed by atoms with Gasteiger partial charge in [-0.25, -0.2) is 4.79 Å². The third-order valence-corrected chi connectivity index (χ3v) is 2.59. The highest BCUT2D eigenvalue weighted by Gasteiger charge is 2.25. The Morgan fingerprint density at radius 1 is 1.47 bits per heavy atom. The second-order valence-electron chi connectivity index (χ2n) is 3.55. The predicted molar refractivity (Wildman–Crippen MR) is 52.3 cm³/mol. The Bertz CT molecular complexity index is 344. The average Bonchev–Trinajstić information content (AvgIpc) is 2.78. The summed E-state index contributed by atoms with van der Waals surface area (Å²) in [6.45, 7) is 0.956. The van der Waals surface area contributed by atoms with Gasteiger partial charge in [0.25, 0.3) is 0 Å². The number of aromatic amines is 1. The number of nitrogens with zero attached hydrogens (tertiary/aromatic N) is 2. The molecule has 1 unspecified atom stereocenters. The van der Waals surface area contributed by atoms with Gasteiger partial charge in [-0.15, -0.1) is 5.10 Å². The van der Waals surface area contributed by atoms with Crippen molar-refractivity contribution in [3.63, 3.8) is 0 Å². The SMILES string of the molecule is COC(=O)c1n[nH]nc1C1CCCCN1. The first kappa shape index (κ1) is 10.1. The molecular weight excluding hydrogens is 196 g/mol. The molecule has 6 heteroatoms. The van der Waals surface area contributed by atoms with E-state index >= 15 is 0 Å². The Kier molecular flexibility index (Phi) is 2.96. The quantitative estimate of drug-likeness (QED) is 0.691. The van der Waals surface area contributed by atoms with Crippen LogP contribution in [0.1, 0.15) is 41.5 Å². The molecule has 1 aromatic rings. The van der Waals surface area contributed by atoms with Crippen LogP contribution in [0.5, 0.6) is 0 Å². The van der Waals surface area contributed by atoms with E-state index in [0.29, 0.717) is 5.69 Å². The van der Waals surface area contributed by atoms with Gasteiger partial charge in [-0.1, -0.05) is 6.42 Å². The van der Waals surface area contributed by atoms with Gasteiger partial charge in [0.05, 0.1) is 13.2 Å². The number of H-pyrrole nitrogens is 1. The number of piperidine rings is 1. The third kappa shape index (κ3) is 1.99. The van der Waals surface area contributed by atoms with Crippen LogP contribution in [0.2, 0.25) is 0 Å². The Balaban J connectivity index is 2.19. The fraction of sp³-hybridized carbons (Fsp3) is 0.667. The molecule has 0 amide bonds. The number of esters is 1. The first-order valence-corrected chi connectivity index (χ1v) is 5.05. The van der Waals surface area contributed by atoms with Crippen LogP contribution in [-0.2, 0) is 4.74 Å². The summed E-state index contributed by atoms with van der Waals surface area (Å²) in [5.41, 5.74) is 0.957. The lowest BCUT2D eigenvalue weighted by Gasteiger charge is -2.21. The van der Waals surface area contributed by atoms with Crippen LogP contribution >= 0.6 is 0 Å². The molecular formula is C9H14N4O2. The van der Waals surface area contributed by atoms with Crippen LogP contribution in [0.15, 0.2) is 0 Å². The zero-order valence-corrected chi connectivity index (χ0v) is 8.62. The largest absolute Gasteiger partial charge is 0.464 e. The minimum Gasteiger partial charge on any atom is -0.464 e. The number of hydrogen-bond donors (Lipinski definition) is 2. The zero-order chi connectivity index (χ0) is 10.7. The van der Waals surface area contributed by atoms with Crippen molar-refractivity contribution in [3.8, 4) is 0 Å². The van der Waals surface area contributed by atoms with E-state index in [1.165, 1.54) is 13.5 Å². The highest BCUT2D eigenvalue weighted by Crippen LogP contribution is 2.23. The van der Waals surface area contributed by atoms with Gasteiger partial charge in [-0.3, -0.25) is 0 Å². The van der Waals surface area contributed by atoms with Crippen LogP contribution in [0, 0.1) is 0 Å². The molecule has 2 heterocycles. The van der Waals surface area contributed by atoms with Crippen molar-refractivity contribution in [2.75, 3.05) is 13.7 Å². The Labute approximate surface area is 87.4 Å². The van der Waals surface area contributed by atoms with E-state index in [1.807, 2.05) is 0 Å². The standard InChI is InChI=1S/C9H14N4O2/c1-15-9(14)8-7(11-13-12-8)6-4-2-3-5-10-6/h6,10H,2-5H2,1H3,(H,11,12,13). The minimum atomic E-state index is -0.439. The van der Waals surface area contributed by atoms with Gasteiger partial charge in [-0.2, -0.15) is 10.3 Å². The molecule has 82 valence electrons. The van der Waals surface area contributed by atoms with E-state index in [1.54, 1.807) is 0 Å². The smallest absolute Gasteiger partial charge is 0.360 e. The summed E-state index contributed by atoms with van der Waals surface area (Å²) in [6, 6.07) is 0.117. The molecule has 0 aliphatic carbocycles. The summed E-state index contributed by atoms with van der Waals surface area (Å²) in [5, 5.41) is 13.6. The van der Waals surface area contributed by atoms with Crippen molar-refractivity contribution in [1.29, 1.82) is 0 Å². The summed E-state index contributed by atoms with van der Waals surface area (Å²) < 4.78 is 4.64. The van der Waals surface area contributed by atoms with Gasteiger partial charge < -0.3 is 10.1 Å². The van der Waals surface area contributed by atoms with Gasteiger partial charge in [0.15, 0.2) is 5.69 Å². The third-order valence-electron chi connectivity index (χ3n) is 2.59. The summed E-state index contributed by atoms with van der Waals surface area (Å²) in [7, 11) is 1.34. The van der Waals surface area contributed by atoms with E-state index in [0.717, 1.165) is 19.4 Å². The molecule has 0 radical (unpaired) electrons. The van der Waals surface area contributed by atoms with Crippen LogP contribution in [0.4, 0.5) is 0 Å². The molecule has 2 N–H and O–H groups in total. The summed E-state index contributed by atoms with van der Waals surface area (Å²) >= 11 is 0. The monoisotopic (exact) mass is 210 g/mol. The molecule has 15 heavy (non-hydrogen) atoms. The van der Waals surface area contributed by atoms with E-state index in [4.69, 9.17) is 0 Å². The molecule has 1 aliphatic heterocycles. The maximum absolute atomic E-state index is 11.4. The fourth-order valence-electron chi connectivity index (χ4n) is 1.81. The van der Waals surface area contributed by atoms with Crippen molar-refractivity contribution >= 4 is 5.97 Å². The lowest BCUT2D eigenvalue weighted by Crippen LogP contribution is -2.28. The molecule has 0 saturated carbocycles. The molecule has 1 saturated heterocycles. The average molecular weight is 210 g/mol. The van der Waals surface area contributed by atoms with Crippen molar-refractivity contribution in [2.45, 2.75) is 25.3 Å². The normalized spacial score (nSPS) is 21.3. The first-order valence-electron chi connectivity index (χ1n) is 5.05. The number of aromatic nitrogens is 3. The minimum absolute atomic E-state index is 0.117. The highest BCUT2D eigenvalue weighted by molar-refractivity contribution is 5.88. The van der Waals surface area contributed by atoms with Crippen molar-refractivity contribution < 1.29 is 9.53 Å². The number of carbonyl (C=O) groups is 1. The molecule has 1 aliphatic rings. The highest BCUT2D eigenvalue weighted by atomic mass is 16.5. The number of rotatable bonds is 2. The predicted octanol–water partition coefficient (Wildman–Crippen LogP) is 0.406. The van der Waals surface area contributed by atoms with Gasteiger partial charge >= 0.3 is 5.97 Å². The van der Waals surface area contributed by atoms with Gasteiger partial charge in [0, 0.05) is 0 Å². The topological polar surface area (TPSA) is 79.9 Å². The maximum Gasteiger partial charge on any atom is 0.360 e. The second-order valence-corrected chi connectivity index (χ2v) is 3.55. The lowest BCUT2D eigenvalue weighted by molar-refractivity contribution is 0.0591. The van der Waals surface area contributed by atoms with E-state index in [9.17, 15) is 4.79 Å². The number of nitrogens with one attached hydrogen (secondary N) is 2. The number of ether oxygens (including phenoxy) is 1. The number of methoxy groups -OCH3 is 1. The molecule has 6 nitrogen and oxygen atoms in total. The molecule has 2 rings (SSSR count). The molecule has 1 atom stereocenters. The van der Waals surface area contributed by atoms with Crippen LogP contribution in [0.3, 0.4) is 0 Å². The van der Waals surface area contributed by atoms with Crippen molar-refractivity contribution in [1.82, 2.24) is 20.7 Å². The molecule has 0 aromatic carbocycles.